The number of ether oxygens (including phenoxy) is 3. The molecule has 3 N–H and O–H groups in total. The van der Waals surface area contributed by atoms with Crippen LogP contribution >= 0.6 is 0 Å². The molecule has 2 unspecified atom stereocenters. The van der Waals surface area contributed by atoms with Crippen LogP contribution in [-0.4, -0.2) is 76.0 Å². The molecule has 7 nitrogen and oxygen atoms in total. The second-order valence-corrected chi connectivity index (χ2v) is 11.6. The van der Waals surface area contributed by atoms with Crippen molar-refractivity contribution in [2.24, 2.45) is 0 Å². The molecule has 0 radical (unpaired) electrons. The molecule has 1 aromatic rings. The van der Waals surface area contributed by atoms with E-state index >= 15 is 0 Å². The maximum Gasteiger partial charge on any atom is 0.403 e. The number of allylic oxidation sites excluding steroid dienone is 2. The number of unbranched alkanes of at least 4 members (excludes halogenated alkanes) is 11. The van der Waals surface area contributed by atoms with Gasteiger partial charge >= 0.3 is 6.18 Å². The van der Waals surface area contributed by atoms with Gasteiger partial charge in [-0.3, -0.25) is 10.1 Å². The van der Waals surface area contributed by atoms with Crippen LogP contribution in [0.25, 0.3) is 0 Å². The maximum absolute atomic E-state index is 14.0. The molecule has 0 bridgehead atoms. The van der Waals surface area contributed by atoms with Gasteiger partial charge in [-0.25, -0.2) is 0 Å². The number of halogens is 3. The summed E-state index contributed by atoms with van der Waals surface area (Å²) in [5.41, 5.74) is 0.647. The maximum atomic E-state index is 14.0. The molecule has 260 valence electrons. The standard InChI is InChI=1S/C35H59F3N2O5/c1-3-4-5-6-7-8-9-10-11-12-13-14-15-16-17-18-33(35(36,37)38)40-32(29-30-19-21-31(41)22-20-30)34(42)39-23-24-44-27-28-45-26-25-43-2/h8-9,19-22,32-33,40-41H,3-7,10-18,23-29H2,1-2H3,(H,39,42)/b9-8+. The van der Waals surface area contributed by atoms with Crippen LogP contribution in [0.5, 0.6) is 5.75 Å². The number of aromatic hydroxyl groups is 1. The van der Waals surface area contributed by atoms with Crippen LogP contribution < -0.4 is 10.6 Å². The third-order valence-electron chi connectivity index (χ3n) is 7.59. The van der Waals surface area contributed by atoms with Gasteiger partial charge in [-0.1, -0.05) is 89.0 Å². The fourth-order valence-electron chi connectivity index (χ4n) is 4.93. The first kappa shape index (κ1) is 40.9. The number of phenols is 1. The first-order valence-corrected chi connectivity index (χ1v) is 17.0. The third kappa shape index (κ3) is 22.9. The van der Waals surface area contributed by atoms with E-state index in [1.165, 1.54) is 37.8 Å². The number of nitrogens with one attached hydrogen (secondary N) is 2. The molecule has 0 aliphatic rings. The summed E-state index contributed by atoms with van der Waals surface area (Å²) in [6.07, 6.45) is 14.0. The van der Waals surface area contributed by atoms with Crippen molar-refractivity contribution in [3.05, 3.63) is 42.0 Å². The highest BCUT2D eigenvalue weighted by Crippen LogP contribution is 2.26. The lowest BCUT2D eigenvalue weighted by atomic mass is 10.0. The van der Waals surface area contributed by atoms with Gasteiger partial charge in [0, 0.05) is 13.7 Å². The fraction of sp³-hybridized carbons (Fsp3) is 0.743. The average Bonchev–Trinajstić information content (AvgIpc) is 3.01. The van der Waals surface area contributed by atoms with Gasteiger partial charge in [0.1, 0.15) is 11.8 Å². The van der Waals surface area contributed by atoms with Crippen LogP contribution in [0.3, 0.4) is 0 Å². The van der Waals surface area contributed by atoms with Crippen molar-refractivity contribution in [3.63, 3.8) is 0 Å². The predicted molar refractivity (Wildman–Crippen MR) is 175 cm³/mol. The minimum absolute atomic E-state index is 0.0502. The van der Waals surface area contributed by atoms with Gasteiger partial charge < -0.3 is 24.6 Å². The molecule has 1 amide bonds. The zero-order valence-electron chi connectivity index (χ0n) is 27.7. The molecular weight excluding hydrogens is 585 g/mol. The first-order valence-electron chi connectivity index (χ1n) is 17.0. The minimum atomic E-state index is -4.48. The Morgan fingerprint density at radius 2 is 1.38 bits per heavy atom. The van der Waals surface area contributed by atoms with Crippen LogP contribution in [0.4, 0.5) is 13.2 Å². The molecule has 0 heterocycles. The van der Waals surface area contributed by atoms with E-state index in [0.717, 1.165) is 51.4 Å². The highest BCUT2D eigenvalue weighted by Gasteiger charge is 2.41. The number of phenolic OH excluding ortho intramolecular Hbond substituents is 1. The molecular formula is C35H59F3N2O5. The summed E-state index contributed by atoms with van der Waals surface area (Å²) in [4.78, 5) is 13.0. The van der Waals surface area contributed by atoms with Crippen molar-refractivity contribution >= 4 is 5.91 Å². The Labute approximate surface area is 269 Å². The molecule has 10 heteroatoms. The summed E-state index contributed by atoms with van der Waals surface area (Å²) in [6, 6.07) is 3.25. The van der Waals surface area contributed by atoms with Crippen molar-refractivity contribution in [1.82, 2.24) is 10.6 Å². The largest absolute Gasteiger partial charge is 0.508 e. The topological polar surface area (TPSA) is 89.1 Å². The van der Waals surface area contributed by atoms with Crippen molar-refractivity contribution < 1.29 is 37.3 Å². The molecule has 2 atom stereocenters. The van der Waals surface area contributed by atoms with Crippen molar-refractivity contribution in [1.29, 1.82) is 0 Å². The molecule has 1 rings (SSSR count). The summed E-state index contributed by atoms with van der Waals surface area (Å²) in [7, 11) is 1.59. The number of rotatable bonds is 29. The Balaban J connectivity index is 2.45. The summed E-state index contributed by atoms with van der Waals surface area (Å²) >= 11 is 0. The third-order valence-corrected chi connectivity index (χ3v) is 7.59. The smallest absolute Gasteiger partial charge is 0.403 e. The Kier molecular flexibility index (Phi) is 24.5. The fourth-order valence-corrected chi connectivity index (χ4v) is 4.93. The second-order valence-electron chi connectivity index (χ2n) is 11.6. The van der Waals surface area contributed by atoms with Gasteiger partial charge in [0.25, 0.3) is 0 Å². The van der Waals surface area contributed by atoms with Crippen LogP contribution in [0.1, 0.15) is 102 Å². The van der Waals surface area contributed by atoms with Crippen molar-refractivity contribution in [2.45, 2.75) is 121 Å². The Bertz CT molecular complexity index is 868. The van der Waals surface area contributed by atoms with Gasteiger partial charge in [-0.2, -0.15) is 13.2 Å². The highest BCUT2D eigenvalue weighted by atomic mass is 19.4. The lowest BCUT2D eigenvalue weighted by Crippen LogP contribution is -2.54. The highest BCUT2D eigenvalue weighted by molar-refractivity contribution is 5.82. The van der Waals surface area contributed by atoms with E-state index in [0.29, 0.717) is 38.4 Å². The van der Waals surface area contributed by atoms with Crippen LogP contribution in [-0.2, 0) is 25.4 Å². The number of hydrogen-bond acceptors (Lipinski definition) is 6. The molecule has 1 aromatic carbocycles. The zero-order valence-corrected chi connectivity index (χ0v) is 27.7. The average molecular weight is 645 g/mol. The van der Waals surface area contributed by atoms with E-state index in [-0.39, 0.29) is 31.7 Å². The van der Waals surface area contributed by atoms with E-state index < -0.39 is 24.2 Å². The monoisotopic (exact) mass is 644 g/mol. The lowest BCUT2D eigenvalue weighted by molar-refractivity contribution is -0.160. The van der Waals surface area contributed by atoms with E-state index in [1.807, 2.05) is 0 Å². The molecule has 45 heavy (non-hydrogen) atoms. The molecule has 0 spiro atoms. The number of alkyl halides is 3. The SMILES string of the molecule is CCCCCC/C=C/CCCCCCCCCC(NC(Cc1ccc(O)cc1)C(=O)NCCOCCOCCOC)C(F)(F)F. The van der Waals surface area contributed by atoms with Gasteiger partial charge in [-0.15, -0.1) is 0 Å². The Hall–Kier alpha value is -2.14. The molecule has 0 fully saturated rings. The molecule has 0 aromatic heterocycles. The summed E-state index contributed by atoms with van der Waals surface area (Å²) < 4.78 is 57.8. The van der Waals surface area contributed by atoms with E-state index in [4.69, 9.17) is 14.2 Å². The predicted octanol–water partition coefficient (Wildman–Crippen LogP) is 7.66. The van der Waals surface area contributed by atoms with Gasteiger partial charge in [0.2, 0.25) is 5.91 Å². The lowest BCUT2D eigenvalue weighted by Gasteiger charge is -2.27. The quantitative estimate of drug-likeness (QED) is 0.0613. The number of carbonyl (C=O) groups is 1. The van der Waals surface area contributed by atoms with E-state index in [2.05, 4.69) is 29.7 Å². The van der Waals surface area contributed by atoms with Crippen molar-refractivity contribution in [3.8, 4) is 5.75 Å². The number of methoxy groups -OCH3 is 1. The minimum Gasteiger partial charge on any atom is -0.508 e. The summed E-state index contributed by atoms with van der Waals surface area (Å²) in [5, 5.41) is 14.9. The zero-order chi connectivity index (χ0) is 33.0. The van der Waals surface area contributed by atoms with Crippen molar-refractivity contribution in [2.75, 3.05) is 46.7 Å². The molecule has 0 saturated carbocycles. The summed E-state index contributed by atoms with van der Waals surface area (Å²) in [6.45, 7) is 4.26. The molecule has 0 saturated heterocycles. The number of benzene rings is 1. The normalized spacial score (nSPS) is 13.4. The second kappa shape index (κ2) is 27.0. The van der Waals surface area contributed by atoms with Gasteiger partial charge in [0.05, 0.1) is 39.1 Å². The van der Waals surface area contributed by atoms with Gasteiger partial charge in [-0.05, 0) is 56.2 Å². The number of amides is 1. The van der Waals surface area contributed by atoms with E-state index in [9.17, 15) is 23.1 Å². The van der Waals surface area contributed by atoms with Crippen LogP contribution in [0, 0.1) is 0 Å². The van der Waals surface area contributed by atoms with Crippen LogP contribution in [0.15, 0.2) is 36.4 Å². The summed E-state index contributed by atoms with van der Waals surface area (Å²) in [5.74, 6) is -0.474. The molecule has 0 aliphatic heterocycles. The Morgan fingerprint density at radius 1 is 0.822 bits per heavy atom. The Morgan fingerprint density at radius 3 is 1.98 bits per heavy atom. The first-order chi connectivity index (χ1) is 21.8. The number of hydrogen-bond donors (Lipinski definition) is 3. The van der Waals surface area contributed by atoms with Crippen LogP contribution in [0.2, 0.25) is 0 Å². The number of carbonyl (C=O) groups excluding carboxylic acids is 1. The van der Waals surface area contributed by atoms with E-state index in [1.54, 1.807) is 19.2 Å². The van der Waals surface area contributed by atoms with Gasteiger partial charge in [0.15, 0.2) is 0 Å². The molecule has 0 aliphatic carbocycles.